The summed E-state index contributed by atoms with van der Waals surface area (Å²) in [5.74, 6) is 0.654. The van der Waals surface area contributed by atoms with Crippen molar-refractivity contribution < 1.29 is 4.74 Å². The summed E-state index contributed by atoms with van der Waals surface area (Å²) in [5, 5.41) is 0.608. The maximum absolute atomic E-state index is 6.00. The van der Waals surface area contributed by atoms with Crippen LogP contribution < -0.4 is 10.5 Å². The average molecular weight is 212 g/mol. The summed E-state index contributed by atoms with van der Waals surface area (Å²) >= 11 is 6.00. The molecule has 0 radical (unpaired) electrons. The molecule has 76 valence electrons. The molecule has 1 aromatic rings. The molecule has 0 aliphatic heterocycles. The highest BCUT2D eigenvalue weighted by Gasteiger charge is 2.18. The van der Waals surface area contributed by atoms with Gasteiger partial charge in [-0.3, -0.25) is 0 Å². The molecule has 1 aliphatic carbocycles. The van der Waals surface area contributed by atoms with Crippen LogP contribution in [0.4, 0.5) is 5.69 Å². The molecule has 1 fully saturated rings. The summed E-state index contributed by atoms with van der Waals surface area (Å²) in [7, 11) is 0. The predicted molar refractivity (Wildman–Crippen MR) is 58.7 cm³/mol. The SMILES string of the molecule is Nc1cccc(Cl)c1OC1CCCC1. The first kappa shape index (κ1) is 9.66. The van der Waals surface area contributed by atoms with E-state index in [1.165, 1.54) is 12.8 Å². The Labute approximate surface area is 89.0 Å². The quantitative estimate of drug-likeness (QED) is 0.763. The molecule has 3 heteroatoms. The Balaban J connectivity index is 2.14. The fraction of sp³-hybridized carbons (Fsp3) is 0.455. The lowest BCUT2D eigenvalue weighted by molar-refractivity contribution is 0.211. The van der Waals surface area contributed by atoms with Gasteiger partial charge >= 0.3 is 0 Å². The molecule has 14 heavy (non-hydrogen) atoms. The van der Waals surface area contributed by atoms with Crippen LogP contribution in [0.1, 0.15) is 25.7 Å². The van der Waals surface area contributed by atoms with E-state index in [0.29, 0.717) is 22.6 Å². The summed E-state index contributed by atoms with van der Waals surface area (Å²) in [6, 6.07) is 5.46. The Morgan fingerprint density at radius 1 is 1.29 bits per heavy atom. The molecule has 0 bridgehead atoms. The standard InChI is InChI=1S/C11H14ClNO/c12-9-6-3-7-10(13)11(9)14-8-4-1-2-5-8/h3,6-8H,1-2,4-5,13H2. The van der Waals surface area contributed by atoms with Crippen LogP contribution in [-0.4, -0.2) is 6.10 Å². The third kappa shape index (κ3) is 1.95. The lowest BCUT2D eigenvalue weighted by Crippen LogP contribution is -2.12. The lowest BCUT2D eigenvalue weighted by Gasteiger charge is -2.15. The molecule has 0 atom stereocenters. The first-order valence-corrected chi connectivity index (χ1v) is 5.36. The number of nitrogens with two attached hydrogens (primary N) is 1. The molecule has 0 saturated heterocycles. The summed E-state index contributed by atoms with van der Waals surface area (Å²) in [5.41, 5.74) is 6.42. The number of halogens is 1. The van der Waals surface area contributed by atoms with Crippen molar-refractivity contribution in [2.75, 3.05) is 5.73 Å². The zero-order valence-corrected chi connectivity index (χ0v) is 8.76. The second-order valence-corrected chi connectivity index (χ2v) is 4.09. The molecule has 0 spiro atoms. The molecule has 2 rings (SSSR count). The third-order valence-corrected chi connectivity index (χ3v) is 2.88. The van der Waals surface area contributed by atoms with Gasteiger partial charge in [0.1, 0.15) is 0 Å². The van der Waals surface area contributed by atoms with Gasteiger partial charge in [0.15, 0.2) is 5.75 Å². The van der Waals surface area contributed by atoms with Gasteiger partial charge < -0.3 is 10.5 Å². The van der Waals surface area contributed by atoms with Gasteiger partial charge in [-0.2, -0.15) is 0 Å². The Morgan fingerprint density at radius 2 is 2.00 bits per heavy atom. The van der Waals surface area contributed by atoms with Gasteiger partial charge in [-0.1, -0.05) is 17.7 Å². The Kier molecular flexibility index (Phi) is 2.82. The average Bonchev–Trinajstić information content (AvgIpc) is 2.64. The van der Waals surface area contributed by atoms with Crippen molar-refractivity contribution in [1.82, 2.24) is 0 Å². The minimum absolute atomic E-state index is 0.303. The van der Waals surface area contributed by atoms with Gasteiger partial charge in [0.2, 0.25) is 0 Å². The molecule has 1 aromatic carbocycles. The third-order valence-electron chi connectivity index (χ3n) is 2.58. The molecule has 0 aromatic heterocycles. The van der Waals surface area contributed by atoms with Crippen molar-refractivity contribution in [3.05, 3.63) is 23.2 Å². The first-order valence-electron chi connectivity index (χ1n) is 4.98. The number of para-hydroxylation sites is 1. The smallest absolute Gasteiger partial charge is 0.161 e. The topological polar surface area (TPSA) is 35.2 Å². The number of anilines is 1. The second-order valence-electron chi connectivity index (χ2n) is 3.68. The molecule has 0 heterocycles. The first-order chi connectivity index (χ1) is 6.77. The van der Waals surface area contributed by atoms with Crippen molar-refractivity contribution in [1.29, 1.82) is 0 Å². The fourth-order valence-electron chi connectivity index (χ4n) is 1.82. The van der Waals surface area contributed by atoms with Crippen LogP contribution in [0, 0.1) is 0 Å². The van der Waals surface area contributed by atoms with Gasteiger partial charge in [-0.15, -0.1) is 0 Å². The van der Waals surface area contributed by atoms with Gasteiger partial charge in [0.25, 0.3) is 0 Å². The van der Waals surface area contributed by atoms with Crippen LogP contribution in [0.3, 0.4) is 0 Å². The minimum Gasteiger partial charge on any atom is -0.487 e. The van der Waals surface area contributed by atoms with E-state index in [4.69, 9.17) is 22.1 Å². The van der Waals surface area contributed by atoms with Crippen LogP contribution in [0.15, 0.2) is 18.2 Å². The second kappa shape index (κ2) is 4.09. The van der Waals surface area contributed by atoms with Crippen LogP contribution in [0.25, 0.3) is 0 Å². The van der Waals surface area contributed by atoms with Gasteiger partial charge in [-0.25, -0.2) is 0 Å². The zero-order valence-electron chi connectivity index (χ0n) is 8.00. The van der Waals surface area contributed by atoms with Crippen molar-refractivity contribution in [3.8, 4) is 5.75 Å². The van der Waals surface area contributed by atoms with Crippen molar-refractivity contribution in [3.63, 3.8) is 0 Å². The molecular weight excluding hydrogens is 198 g/mol. The van der Waals surface area contributed by atoms with Gasteiger partial charge in [0, 0.05) is 0 Å². The predicted octanol–water partition coefficient (Wildman–Crippen LogP) is 3.24. The molecule has 2 N–H and O–H groups in total. The maximum Gasteiger partial charge on any atom is 0.161 e. The minimum atomic E-state index is 0.303. The highest BCUT2D eigenvalue weighted by molar-refractivity contribution is 6.32. The maximum atomic E-state index is 6.00. The molecule has 0 amide bonds. The van der Waals surface area contributed by atoms with E-state index < -0.39 is 0 Å². The van der Waals surface area contributed by atoms with Crippen LogP contribution in [0.2, 0.25) is 5.02 Å². The fourth-order valence-corrected chi connectivity index (χ4v) is 2.05. The molecule has 1 aliphatic rings. The monoisotopic (exact) mass is 211 g/mol. The summed E-state index contributed by atoms with van der Waals surface area (Å²) in [6.07, 6.45) is 5.02. The van der Waals surface area contributed by atoms with E-state index in [0.717, 1.165) is 12.8 Å². The van der Waals surface area contributed by atoms with Crippen molar-refractivity contribution in [2.24, 2.45) is 0 Å². The Hall–Kier alpha value is -0.890. The number of hydrogen-bond acceptors (Lipinski definition) is 2. The number of nitrogen functional groups attached to an aromatic ring is 1. The van der Waals surface area contributed by atoms with E-state index in [1.807, 2.05) is 18.2 Å². The van der Waals surface area contributed by atoms with E-state index >= 15 is 0 Å². The van der Waals surface area contributed by atoms with Crippen LogP contribution >= 0.6 is 11.6 Å². The van der Waals surface area contributed by atoms with Crippen molar-refractivity contribution in [2.45, 2.75) is 31.8 Å². The summed E-state index contributed by atoms with van der Waals surface area (Å²) in [6.45, 7) is 0. The molecule has 1 saturated carbocycles. The van der Waals surface area contributed by atoms with Crippen molar-refractivity contribution >= 4 is 17.3 Å². The van der Waals surface area contributed by atoms with E-state index in [9.17, 15) is 0 Å². The normalized spacial score (nSPS) is 17.2. The molecular formula is C11H14ClNO. The van der Waals surface area contributed by atoms with Crippen LogP contribution in [-0.2, 0) is 0 Å². The van der Waals surface area contributed by atoms with Crippen LogP contribution in [0.5, 0.6) is 5.75 Å². The van der Waals surface area contributed by atoms with Gasteiger partial charge in [-0.05, 0) is 37.8 Å². The Bertz CT molecular complexity index is 301. The summed E-state index contributed by atoms with van der Waals surface area (Å²) in [4.78, 5) is 0. The number of rotatable bonds is 2. The number of hydrogen-bond donors (Lipinski definition) is 1. The zero-order chi connectivity index (χ0) is 9.97. The van der Waals surface area contributed by atoms with E-state index in [-0.39, 0.29) is 0 Å². The highest BCUT2D eigenvalue weighted by Crippen LogP contribution is 2.34. The molecule has 0 unspecified atom stereocenters. The number of ether oxygens (including phenoxy) is 1. The Morgan fingerprint density at radius 3 is 2.64 bits per heavy atom. The highest BCUT2D eigenvalue weighted by atomic mass is 35.5. The largest absolute Gasteiger partial charge is 0.487 e. The lowest BCUT2D eigenvalue weighted by atomic mass is 10.2. The number of benzene rings is 1. The van der Waals surface area contributed by atoms with E-state index in [2.05, 4.69) is 0 Å². The van der Waals surface area contributed by atoms with E-state index in [1.54, 1.807) is 0 Å². The summed E-state index contributed by atoms with van der Waals surface area (Å²) < 4.78 is 5.78. The molecule has 2 nitrogen and oxygen atoms in total. The van der Waals surface area contributed by atoms with Gasteiger partial charge in [0.05, 0.1) is 16.8 Å².